The molecule has 0 saturated carbocycles. The fourth-order valence-electron chi connectivity index (χ4n) is 0. The number of rotatable bonds is 1. The van der Waals surface area contributed by atoms with Gasteiger partial charge in [-0.2, -0.15) is 0 Å². The summed E-state index contributed by atoms with van der Waals surface area (Å²) in [5.41, 5.74) is 0. The Labute approximate surface area is 62.0 Å². The average molecular weight is 191 g/mol. The normalized spacial score (nSPS) is 11.9. The second kappa shape index (κ2) is 4.75. The third kappa shape index (κ3) is 72.3. The molecule has 0 unspecified atom stereocenters. The molecule has 0 heterocycles. The highest BCUT2D eigenvalue weighted by atomic mass is 31.2. The molecule has 0 saturated heterocycles. The zero-order valence-corrected chi connectivity index (χ0v) is 6.43. The molecule has 0 aromatic heterocycles. The molecule has 9 heteroatoms. The second-order valence-corrected chi connectivity index (χ2v) is 2.43. The van der Waals surface area contributed by atoms with E-state index in [0.29, 0.717) is 0 Å². The van der Waals surface area contributed by atoms with Crippen LogP contribution in [0.1, 0.15) is 0 Å². The largest absolute Gasteiger partial charge is 0.466 e. The molecule has 0 aliphatic carbocycles. The summed E-state index contributed by atoms with van der Waals surface area (Å²) in [5, 5.41) is 25.3. The van der Waals surface area contributed by atoms with Gasteiger partial charge in [-0.1, -0.05) is 0 Å². The average Bonchev–Trinajstić information content (AvgIpc) is 1.59. The van der Waals surface area contributed by atoms with Crippen molar-refractivity contribution in [2.75, 3.05) is 7.05 Å². The number of hydrogen-bond acceptors (Lipinski definition) is 5. The molecule has 0 aromatic rings. The molecule has 0 spiro atoms. The second-order valence-electron chi connectivity index (χ2n) is 1.40. The molecule has 0 radical (unpaired) electrons. The van der Waals surface area contributed by atoms with Gasteiger partial charge in [0.1, 0.15) is 0 Å². The van der Waals surface area contributed by atoms with Gasteiger partial charge in [-0.25, -0.2) is 9.88 Å². The SMILES string of the molecule is CNC(O)(O)O.O=P(O)(O)O. The Hall–Kier alpha value is -0.0500. The lowest BCUT2D eigenvalue weighted by molar-refractivity contribution is -0.328. The number of hydrogen-bond donors (Lipinski definition) is 7. The highest BCUT2D eigenvalue weighted by Gasteiger charge is 2.11. The summed E-state index contributed by atoms with van der Waals surface area (Å²) in [4.78, 5) is 21.6. The van der Waals surface area contributed by atoms with Crippen molar-refractivity contribution >= 4 is 7.82 Å². The summed E-state index contributed by atoms with van der Waals surface area (Å²) in [7, 11) is -3.43. The van der Waals surface area contributed by atoms with Gasteiger partial charge in [-0.15, -0.1) is 0 Å². The predicted octanol–water partition coefficient (Wildman–Crippen LogP) is -3.13. The van der Waals surface area contributed by atoms with E-state index in [-0.39, 0.29) is 0 Å². The van der Waals surface area contributed by atoms with E-state index in [1.54, 1.807) is 5.32 Å². The van der Waals surface area contributed by atoms with Gasteiger partial charge in [0.15, 0.2) is 0 Å². The van der Waals surface area contributed by atoms with Crippen LogP contribution in [0.2, 0.25) is 0 Å². The first-order chi connectivity index (χ1) is 4.56. The fraction of sp³-hybridized carbons (Fsp3) is 1.00. The zero-order valence-electron chi connectivity index (χ0n) is 5.54. The van der Waals surface area contributed by atoms with Gasteiger partial charge in [-0.3, -0.25) is 0 Å². The quantitative estimate of drug-likeness (QED) is 0.170. The lowest BCUT2D eigenvalue weighted by atomic mass is 10.9. The first-order valence-electron chi connectivity index (χ1n) is 2.20. The van der Waals surface area contributed by atoms with E-state index in [1.807, 2.05) is 0 Å². The molecule has 0 aliphatic heterocycles. The van der Waals surface area contributed by atoms with E-state index in [9.17, 15) is 0 Å². The molecule has 0 fully saturated rings. The maximum atomic E-state index is 8.88. The maximum Gasteiger partial charge on any atom is 0.466 e. The van der Waals surface area contributed by atoms with Gasteiger partial charge in [0, 0.05) is 0 Å². The van der Waals surface area contributed by atoms with E-state index in [2.05, 4.69) is 0 Å². The van der Waals surface area contributed by atoms with Crippen LogP contribution in [-0.4, -0.2) is 43.1 Å². The predicted molar refractivity (Wildman–Crippen MR) is 32.7 cm³/mol. The number of aliphatic hydroxyl groups is 3. The van der Waals surface area contributed by atoms with Crippen LogP contribution in [0.15, 0.2) is 0 Å². The van der Waals surface area contributed by atoms with Crippen molar-refractivity contribution in [3.63, 3.8) is 0 Å². The van der Waals surface area contributed by atoms with Crippen molar-refractivity contribution in [1.82, 2.24) is 5.32 Å². The van der Waals surface area contributed by atoms with Gasteiger partial charge < -0.3 is 30.0 Å². The van der Waals surface area contributed by atoms with Crippen LogP contribution in [0.3, 0.4) is 0 Å². The minimum Gasteiger partial charge on any atom is -0.330 e. The van der Waals surface area contributed by atoms with Gasteiger partial charge in [0.05, 0.1) is 0 Å². The summed E-state index contributed by atoms with van der Waals surface area (Å²) in [6, 6.07) is 0. The Morgan fingerprint density at radius 2 is 1.27 bits per heavy atom. The van der Waals surface area contributed by atoms with E-state index >= 15 is 0 Å². The van der Waals surface area contributed by atoms with E-state index in [1.165, 1.54) is 7.05 Å². The molecule has 11 heavy (non-hydrogen) atoms. The molecular weight excluding hydrogens is 181 g/mol. The Balaban J connectivity index is 0. The van der Waals surface area contributed by atoms with Gasteiger partial charge in [0.2, 0.25) is 0 Å². The van der Waals surface area contributed by atoms with Crippen LogP contribution in [-0.2, 0) is 4.57 Å². The van der Waals surface area contributed by atoms with Crippen LogP contribution >= 0.6 is 7.82 Å². The number of nitrogens with one attached hydrogen (secondary N) is 1. The monoisotopic (exact) mass is 191 g/mol. The van der Waals surface area contributed by atoms with Crippen LogP contribution in [0, 0.1) is 0 Å². The van der Waals surface area contributed by atoms with Crippen molar-refractivity contribution in [3.8, 4) is 0 Å². The molecule has 70 valence electrons. The van der Waals surface area contributed by atoms with Crippen LogP contribution in [0.4, 0.5) is 0 Å². The van der Waals surface area contributed by atoms with Gasteiger partial charge in [0.25, 0.3) is 0 Å². The van der Waals surface area contributed by atoms with Crippen molar-refractivity contribution in [2.24, 2.45) is 0 Å². The Morgan fingerprint density at radius 1 is 1.18 bits per heavy atom. The van der Waals surface area contributed by atoms with E-state index in [0.717, 1.165) is 0 Å². The molecule has 7 N–H and O–H groups in total. The van der Waals surface area contributed by atoms with Gasteiger partial charge >= 0.3 is 13.9 Å². The molecular formula is C2H10NO7P. The maximum absolute atomic E-state index is 8.88. The van der Waals surface area contributed by atoms with E-state index in [4.69, 9.17) is 34.6 Å². The van der Waals surface area contributed by atoms with Crippen LogP contribution in [0.25, 0.3) is 0 Å². The van der Waals surface area contributed by atoms with Crippen molar-refractivity contribution in [3.05, 3.63) is 0 Å². The molecule has 0 aromatic carbocycles. The Bertz CT molecular complexity index is 126. The van der Waals surface area contributed by atoms with Crippen LogP contribution < -0.4 is 5.32 Å². The number of phosphoric acid groups is 1. The summed E-state index contributed by atoms with van der Waals surface area (Å²) in [6.07, 6.45) is -2.71. The molecule has 0 rings (SSSR count). The third-order valence-corrected chi connectivity index (χ3v) is 0.335. The zero-order chi connectivity index (χ0) is 9.71. The highest BCUT2D eigenvalue weighted by molar-refractivity contribution is 7.45. The molecule has 0 aliphatic rings. The standard InChI is InChI=1S/C2H7NO3.H3O4P/c1-3-2(4,5)6;1-5(2,3)4/h3-6H,1H3;(H3,1,2,3,4). The summed E-state index contributed by atoms with van der Waals surface area (Å²) < 4.78 is 8.88. The van der Waals surface area contributed by atoms with Crippen molar-refractivity contribution < 1.29 is 34.6 Å². The van der Waals surface area contributed by atoms with Crippen molar-refractivity contribution in [2.45, 2.75) is 6.10 Å². The summed E-state index contributed by atoms with van der Waals surface area (Å²) in [6.45, 7) is 0. The summed E-state index contributed by atoms with van der Waals surface area (Å²) in [5.74, 6) is 0. The fourth-order valence-corrected chi connectivity index (χ4v) is 0. The molecule has 8 nitrogen and oxygen atoms in total. The lowest BCUT2D eigenvalue weighted by Crippen LogP contribution is -2.41. The van der Waals surface area contributed by atoms with Crippen LogP contribution in [0.5, 0.6) is 0 Å². The molecule has 0 bridgehead atoms. The Kier molecular flexibility index (Phi) is 5.85. The first kappa shape index (κ1) is 13.5. The van der Waals surface area contributed by atoms with Gasteiger partial charge in [-0.05, 0) is 7.05 Å². The minimum absolute atomic E-state index is 1.21. The summed E-state index contributed by atoms with van der Waals surface area (Å²) >= 11 is 0. The highest BCUT2D eigenvalue weighted by Crippen LogP contribution is 2.25. The first-order valence-corrected chi connectivity index (χ1v) is 3.77. The molecule has 0 atom stereocenters. The van der Waals surface area contributed by atoms with Crippen molar-refractivity contribution in [1.29, 1.82) is 0 Å². The minimum atomic E-state index is -4.64. The molecule has 0 amide bonds. The lowest BCUT2D eigenvalue weighted by Gasteiger charge is -2.09. The topological polar surface area (TPSA) is 150 Å². The third-order valence-electron chi connectivity index (χ3n) is 0.335. The Morgan fingerprint density at radius 3 is 1.27 bits per heavy atom. The van der Waals surface area contributed by atoms with E-state index < -0.39 is 13.9 Å². The smallest absolute Gasteiger partial charge is 0.330 e.